The molecule has 0 radical (unpaired) electrons. The third-order valence-electron chi connectivity index (χ3n) is 14.1. The van der Waals surface area contributed by atoms with Crippen LogP contribution in [-0.2, 0) is 0 Å². The van der Waals surface area contributed by atoms with Crippen LogP contribution in [0.5, 0.6) is 0 Å². The largest absolute Gasteiger partial charge is 0.310 e. The van der Waals surface area contributed by atoms with E-state index >= 15 is 0 Å². The van der Waals surface area contributed by atoms with Gasteiger partial charge < -0.3 is 9.80 Å². The monoisotopic (exact) mass is 904 g/mol. The summed E-state index contributed by atoms with van der Waals surface area (Å²) in [5.74, 6) is 0. The summed E-state index contributed by atoms with van der Waals surface area (Å²) in [5, 5.41) is 22.4. The number of aromatic nitrogens is 1. The molecule has 0 saturated carbocycles. The zero-order chi connectivity index (χ0) is 47.4. The van der Waals surface area contributed by atoms with Crippen LogP contribution < -0.4 is 9.80 Å². The van der Waals surface area contributed by atoms with E-state index in [2.05, 4.69) is 260 Å². The Kier molecular flexibility index (Phi) is 10.1. The van der Waals surface area contributed by atoms with Crippen LogP contribution in [0.1, 0.15) is 11.1 Å². The number of anilines is 6. The first-order valence-corrected chi connectivity index (χ1v) is 24.1. The molecule has 0 saturated heterocycles. The molecule has 0 aliphatic heterocycles. The van der Waals surface area contributed by atoms with E-state index in [9.17, 15) is 5.26 Å². The smallest absolute Gasteiger partial charge is 0.0991 e. The van der Waals surface area contributed by atoms with Gasteiger partial charge in [-0.05, 0) is 146 Å². The highest BCUT2D eigenvalue weighted by Gasteiger charge is 2.24. The van der Waals surface area contributed by atoms with Crippen LogP contribution >= 0.6 is 0 Å². The van der Waals surface area contributed by atoms with Crippen molar-refractivity contribution < 1.29 is 0 Å². The Hall–Kier alpha value is -9.56. The van der Waals surface area contributed by atoms with Crippen molar-refractivity contribution in [2.24, 2.45) is 0 Å². The van der Waals surface area contributed by atoms with Gasteiger partial charge in [0, 0.05) is 38.8 Å². The summed E-state index contributed by atoms with van der Waals surface area (Å²) in [7, 11) is 0. The lowest BCUT2D eigenvalue weighted by atomic mass is 9.86. The van der Waals surface area contributed by atoms with E-state index < -0.39 is 0 Å². The van der Waals surface area contributed by atoms with Gasteiger partial charge in [0.25, 0.3) is 0 Å². The lowest BCUT2D eigenvalue weighted by Crippen LogP contribution is -2.11. The first-order chi connectivity index (χ1) is 35.1. The average molecular weight is 905 g/mol. The second kappa shape index (κ2) is 17.2. The van der Waals surface area contributed by atoms with E-state index in [0.717, 1.165) is 99.6 Å². The fourth-order valence-electron chi connectivity index (χ4n) is 10.7. The second-order valence-electron chi connectivity index (χ2n) is 18.4. The number of rotatable bonds is 8. The zero-order valence-electron chi connectivity index (χ0n) is 39.0. The Morgan fingerprint density at radius 3 is 1.42 bits per heavy atom. The summed E-state index contributed by atoms with van der Waals surface area (Å²) >= 11 is 0. The molecule has 0 unspecified atom stereocenters. The summed E-state index contributed by atoms with van der Waals surface area (Å²) in [6.07, 6.45) is 2.06. The molecule has 0 amide bonds. The standard InChI is InChI=1S/C67H44N4/c1-44-24-32-54(33-25-44)71(64-23-11-19-49-15-7-9-21-59(49)64)57-41-62-65(52-30-28-46-12-2-4-16-50(46)38-52)60-37-36-56(40-61(60)66(67(62)69-43-57)53-31-29-47-13-3-5-17-51(47)39-53)70(55-34-26-45(42-68)27-35-55)63-22-10-18-48-14-6-8-20-58(48)63/h2-41,43H,1H3. The first-order valence-electron chi connectivity index (χ1n) is 24.1. The van der Waals surface area contributed by atoms with Crippen molar-refractivity contribution in [2.75, 3.05) is 9.80 Å². The minimum atomic E-state index is 0.613. The maximum absolute atomic E-state index is 9.87. The molecule has 332 valence electrons. The van der Waals surface area contributed by atoms with Crippen LogP contribution in [0.2, 0.25) is 0 Å². The molecule has 0 fully saturated rings. The van der Waals surface area contributed by atoms with Gasteiger partial charge in [0.05, 0.1) is 40.4 Å². The van der Waals surface area contributed by atoms with E-state index in [1.807, 2.05) is 12.1 Å². The Balaban J connectivity index is 1.15. The molecular formula is C67H44N4. The number of benzene rings is 12. The van der Waals surface area contributed by atoms with Crippen LogP contribution in [0.15, 0.2) is 249 Å². The predicted octanol–water partition coefficient (Wildman–Crippen LogP) is 18.5. The van der Waals surface area contributed by atoms with Gasteiger partial charge in [0.15, 0.2) is 0 Å². The SMILES string of the molecule is Cc1ccc(N(c2cnc3c(-c4ccc5ccccc5c4)c4cc(N(c5ccc(C#N)cc5)c5cccc6ccccc56)ccc4c(-c4ccc5ccccc5c4)c3c2)c2cccc3ccccc23)cc1. The minimum absolute atomic E-state index is 0.613. The molecule has 1 heterocycles. The van der Waals surface area contributed by atoms with E-state index in [-0.39, 0.29) is 0 Å². The molecule has 13 rings (SSSR count). The summed E-state index contributed by atoms with van der Waals surface area (Å²) < 4.78 is 0. The number of pyridine rings is 1. The van der Waals surface area contributed by atoms with Crippen LogP contribution in [0.3, 0.4) is 0 Å². The van der Waals surface area contributed by atoms with Gasteiger partial charge in [0.1, 0.15) is 0 Å². The van der Waals surface area contributed by atoms with E-state index in [1.165, 1.54) is 27.1 Å². The van der Waals surface area contributed by atoms with E-state index in [0.29, 0.717) is 5.56 Å². The van der Waals surface area contributed by atoms with Crippen molar-refractivity contribution in [3.63, 3.8) is 0 Å². The molecular weight excluding hydrogens is 861 g/mol. The summed E-state index contributed by atoms with van der Waals surface area (Å²) in [4.78, 5) is 10.4. The molecule has 4 nitrogen and oxygen atoms in total. The highest BCUT2D eigenvalue weighted by molar-refractivity contribution is 6.22. The predicted molar refractivity (Wildman–Crippen MR) is 299 cm³/mol. The Labute approximate surface area is 412 Å². The molecule has 0 aliphatic rings. The third-order valence-corrected chi connectivity index (χ3v) is 14.1. The Bertz CT molecular complexity index is 4250. The minimum Gasteiger partial charge on any atom is -0.310 e. The lowest BCUT2D eigenvalue weighted by Gasteiger charge is -2.29. The number of hydrogen-bond donors (Lipinski definition) is 0. The van der Waals surface area contributed by atoms with Gasteiger partial charge in [-0.25, -0.2) is 0 Å². The highest BCUT2D eigenvalue weighted by atomic mass is 15.2. The molecule has 13 aromatic rings. The Morgan fingerprint density at radius 2 is 0.831 bits per heavy atom. The quantitative estimate of drug-likeness (QED) is 0.143. The maximum atomic E-state index is 9.87. The van der Waals surface area contributed by atoms with Crippen molar-refractivity contribution in [3.8, 4) is 28.3 Å². The lowest BCUT2D eigenvalue weighted by molar-refractivity contribution is 1.26. The van der Waals surface area contributed by atoms with Crippen molar-refractivity contribution in [3.05, 3.63) is 260 Å². The van der Waals surface area contributed by atoms with E-state index in [4.69, 9.17) is 4.98 Å². The van der Waals surface area contributed by atoms with Gasteiger partial charge in [-0.15, -0.1) is 0 Å². The molecule has 0 atom stereocenters. The molecule has 4 heteroatoms. The number of aryl methyl sites for hydroxylation is 1. The fourth-order valence-corrected chi connectivity index (χ4v) is 10.7. The molecule has 71 heavy (non-hydrogen) atoms. The molecule has 0 bridgehead atoms. The topological polar surface area (TPSA) is 43.2 Å². The van der Waals surface area contributed by atoms with Gasteiger partial charge in [-0.1, -0.05) is 169 Å². The fraction of sp³-hybridized carbons (Fsp3) is 0.0149. The zero-order valence-corrected chi connectivity index (χ0v) is 39.0. The van der Waals surface area contributed by atoms with Crippen molar-refractivity contribution >= 4 is 98.9 Å². The second-order valence-corrected chi connectivity index (χ2v) is 18.4. The first kappa shape index (κ1) is 41.6. The van der Waals surface area contributed by atoms with Gasteiger partial charge in [-0.3, -0.25) is 4.98 Å². The van der Waals surface area contributed by atoms with Crippen LogP contribution in [0.25, 0.3) is 87.0 Å². The van der Waals surface area contributed by atoms with E-state index in [1.54, 1.807) is 0 Å². The number of nitriles is 1. The summed E-state index contributed by atoms with van der Waals surface area (Å²) in [6.45, 7) is 2.13. The van der Waals surface area contributed by atoms with Crippen molar-refractivity contribution in [2.45, 2.75) is 6.92 Å². The molecule has 1 aromatic heterocycles. The molecule has 12 aromatic carbocycles. The average Bonchev–Trinajstić information content (AvgIpc) is 3.43. The van der Waals surface area contributed by atoms with Crippen LogP contribution in [-0.4, -0.2) is 4.98 Å². The van der Waals surface area contributed by atoms with Gasteiger partial charge in [-0.2, -0.15) is 5.26 Å². The highest BCUT2D eigenvalue weighted by Crippen LogP contribution is 2.49. The van der Waals surface area contributed by atoms with Crippen LogP contribution in [0, 0.1) is 18.3 Å². The number of nitrogens with zero attached hydrogens (tertiary/aromatic N) is 4. The molecule has 0 aliphatic carbocycles. The summed E-state index contributed by atoms with van der Waals surface area (Å²) in [5.41, 5.74) is 13.2. The third kappa shape index (κ3) is 7.28. The molecule has 0 spiro atoms. The molecule has 0 N–H and O–H groups in total. The van der Waals surface area contributed by atoms with Crippen LogP contribution in [0.4, 0.5) is 34.1 Å². The van der Waals surface area contributed by atoms with Crippen molar-refractivity contribution in [1.29, 1.82) is 5.26 Å². The Morgan fingerprint density at radius 1 is 0.352 bits per heavy atom. The summed E-state index contributed by atoms with van der Waals surface area (Å²) in [6, 6.07) is 89.3. The number of hydrogen-bond acceptors (Lipinski definition) is 4. The van der Waals surface area contributed by atoms with Gasteiger partial charge >= 0.3 is 0 Å². The normalized spacial score (nSPS) is 11.4. The van der Waals surface area contributed by atoms with Crippen molar-refractivity contribution in [1.82, 2.24) is 4.98 Å². The van der Waals surface area contributed by atoms with Gasteiger partial charge in [0.2, 0.25) is 0 Å². The number of fused-ring (bicyclic) bond motifs is 6. The maximum Gasteiger partial charge on any atom is 0.0991 e.